The Labute approximate surface area is 107 Å². The van der Waals surface area contributed by atoms with Crippen LogP contribution >= 0.6 is 11.6 Å². The highest BCUT2D eigenvalue weighted by Gasteiger charge is 2.56. The molecule has 2 aliphatic rings. The second-order valence-electron chi connectivity index (χ2n) is 5.69. The maximum atomic E-state index is 13.3. The first-order valence-corrected chi connectivity index (χ1v) is 6.94. The largest absolute Gasteiger partial charge is 0.207 e. The van der Waals surface area contributed by atoms with Gasteiger partial charge in [0.15, 0.2) is 0 Å². The molecule has 3 rings (SSSR count). The zero-order valence-electron chi connectivity index (χ0n) is 10.3. The summed E-state index contributed by atoms with van der Waals surface area (Å²) in [5.41, 5.74) is 3.19. The van der Waals surface area contributed by atoms with E-state index in [0.29, 0.717) is 5.92 Å². The van der Waals surface area contributed by atoms with Gasteiger partial charge in [-0.2, -0.15) is 0 Å². The van der Waals surface area contributed by atoms with Crippen LogP contribution in [0.25, 0.3) is 0 Å². The Morgan fingerprint density at radius 2 is 1.71 bits per heavy atom. The number of aryl methyl sites for hydroxylation is 2. The van der Waals surface area contributed by atoms with Crippen molar-refractivity contribution in [3.63, 3.8) is 0 Å². The smallest absolute Gasteiger partial charge is 0.123 e. The lowest BCUT2D eigenvalue weighted by Crippen LogP contribution is -2.04. The summed E-state index contributed by atoms with van der Waals surface area (Å²) in [4.78, 5) is 0. The lowest BCUT2D eigenvalue weighted by atomic mass is 9.94. The van der Waals surface area contributed by atoms with Gasteiger partial charge in [0.2, 0.25) is 0 Å². The number of rotatable bonds is 2. The molecule has 0 aliphatic heterocycles. The van der Waals surface area contributed by atoms with E-state index >= 15 is 0 Å². The first kappa shape index (κ1) is 11.5. The van der Waals surface area contributed by atoms with Crippen molar-refractivity contribution in [3.05, 3.63) is 34.6 Å². The molecule has 0 amide bonds. The molecule has 17 heavy (non-hydrogen) atoms. The van der Waals surface area contributed by atoms with Crippen LogP contribution in [-0.2, 0) is 0 Å². The summed E-state index contributed by atoms with van der Waals surface area (Å²) in [6, 6.07) is 3.21. The summed E-state index contributed by atoms with van der Waals surface area (Å²) in [5, 5.41) is 0.0888. The van der Waals surface area contributed by atoms with Crippen molar-refractivity contribution in [1.29, 1.82) is 0 Å². The van der Waals surface area contributed by atoms with Crippen LogP contribution < -0.4 is 0 Å². The number of benzene rings is 1. The van der Waals surface area contributed by atoms with Crippen molar-refractivity contribution < 1.29 is 4.39 Å². The van der Waals surface area contributed by atoms with Crippen LogP contribution in [0.2, 0.25) is 0 Å². The Bertz CT molecular complexity index is 421. The average molecular weight is 253 g/mol. The molecule has 0 bridgehead atoms. The molecule has 92 valence electrons. The van der Waals surface area contributed by atoms with E-state index in [2.05, 4.69) is 0 Å². The lowest BCUT2D eigenvalue weighted by molar-refractivity contribution is 0.569. The standard InChI is InChI=1S/C15H18ClF/c1-8-6-10(17)7-9(2)13(8)15(16)14-11-4-3-5-12(11)14/h6-7,11-12,14-15H,3-5H2,1-2H3. The lowest BCUT2D eigenvalue weighted by Gasteiger charge is -2.17. The normalized spacial score (nSPS) is 32.4. The second-order valence-corrected chi connectivity index (χ2v) is 6.16. The minimum atomic E-state index is -0.149. The highest BCUT2D eigenvalue weighted by atomic mass is 35.5. The Hall–Kier alpha value is -0.560. The fourth-order valence-electron chi connectivity index (χ4n) is 3.86. The van der Waals surface area contributed by atoms with Gasteiger partial charge in [-0.3, -0.25) is 0 Å². The van der Waals surface area contributed by atoms with E-state index in [1.54, 1.807) is 12.1 Å². The predicted molar refractivity (Wildman–Crippen MR) is 68.8 cm³/mol. The SMILES string of the molecule is Cc1cc(F)cc(C)c1C(Cl)C1C2CCCC21. The van der Waals surface area contributed by atoms with Gasteiger partial charge in [-0.1, -0.05) is 6.42 Å². The minimum absolute atomic E-state index is 0.0888. The van der Waals surface area contributed by atoms with Crippen LogP contribution in [0.5, 0.6) is 0 Å². The summed E-state index contributed by atoms with van der Waals surface area (Å²) < 4.78 is 13.3. The van der Waals surface area contributed by atoms with Crippen LogP contribution in [-0.4, -0.2) is 0 Å². The number of alkyl halides is 1. The minimum Gasteiger partial charge on any atom is -0.207 e. The first-order chi connectivity index (χ1) is 8.09. The van der Waals surface area contributed by atoms with E-state index in [1.807, 2.05) is 13.8 Å². The van der Waals surface area contributed by atoms with Gasteiger partial charge in [0, 0.05) is 0 Å². The van der Waals surface area contributed by atoms with Gasteiger partial charge in [0.1, 0.15) is 5.82 Å². The molecule has 0 heterocycles. The molecule has 2 heteroatoms. The van der Waals surface area contributed by atoms with E-state index < -0.39 is 0 Å². The average Bonchev–Trinajstić information content (AvgIpc) is 2.71. The van der Waals surface area contributed by atoms with Crippen LogP contribution in [0.1, 0.15) is 41.3 Å². The van der Waals surface area contributed by atoms with Crippen LogP contribution in [0.3, 0.4) is 0 Å². The number of halogens is 2. The van der Waals surface area contributed by atoms with Gasteiger partial charge in [-0.05, 0) is 73.3 Å². The van der Waals surface area contributed by atoms with Crippen LogP contribution in [0, 0.1) is 37.4 Å². The molecule has 1 aromatic carbocycles. The maximum Gasteiger partial charge on any atom is 0.123 e. The molecule has 2 saturated carbocycles. The van der Waals surface area contributed by atoms with E-state index in [0.717, 1.165) is 23.0 Å². The Morgan fingerprint density at radius 3 is 2.24 bits per heavy atom. The maximum absolute atomic E-state index is 13.3. The Kier molecular flexibility index (Phi) is 2.70. The fourth-order valence-corrected chi connectivity index (χ4v) is 4.58. The first-order valence-electron chi connectivity index (χ1n) is 6.50. The van der Waals surface area contributed by atoms with Gasteiger partial charge in [-0.15, -0.1) is 11.6 Å². The number of fused-ring (bicyclic) bond motifs is 1. The quantitative estimate of drug-likeness (QED) is 0.665. The third-order valence-corrected chi connectivity index (χ3v) is 5.15. The van der Waals surface area contributed by atoms with Crippen molar-refractivity contribution in [2.45, 2.75) is 38.5 Å². The molecule has 0 saturated heterocycles. The van der Waals surface area contributed by atoms with Gasteiger partial charge < -0.3 is 0 Å². The fraction of sp³-hybridized carbons (Fsp3) is 0.600. The van der Waals surface area contributed by atoms with E-state index in [1.165, 1.54) is 24.8 Å². The Morgan fingerprint density at radius 1 is 1.18 bits per heavy atom. The third kappa shape index (κ3) is 1.79. The molecular weight excluding hydrogens is 235 g/mol. The topological polar surface area (TPSA) is 0 Å². The molecule has 2 aliphatic carbocycles. The summed E-state index contributed by atoms with van der Waals surface area (Å²) in [5.74, 6) is 2.19. The molecular formula is C15H18ClF. The van der Waals surface area contributed by atoms with Gasteiger partial charge in [-0.25, -0.2) is 4.39 Å². The monoisotopic (exact) mass is 252 g/mol. The molecule has 3 atom stereocenters. The van der Waals surface area contributed by atoms with Gasteiger partial charge in [0.05, 0.1) is 5.38 Å². The van der Waals surface area contributed by atoms with Crippen LogP contribution in [0.4, 0.5) is 4.39 Å². The van der Waals surface area contributed by atoms with Crippen molar-refractivity contribution in [2.75, 3.05) is 0 Å². The summed E-state index contributed by atoms with van der Waals surface area (Å²) in [6.45, 7) is 3.94. The highest BCUT2D eigenvalue weighted by Crippen LogP contribution is 2.64. The third-order valence-electron chi connectivity index (χ3n) is 4.64. The molecule has 3 unspecified atom stereocenters. The summed E-state index contributed by atoms with van der Waals surface area (Å²) in [7, 11) is 0. The molecule has 0 N–H and O–H groups in total. The second kappa shape index (κ2) is 3.98. The molecule has 1 aromatic rings. The van der Waals surface area contributed by atoms with Crippen molar-refractivity contribution in [3.8, 4) is 0 Å². The molecule has 0 spiro atoms. The summed E-state index contributed by atoms with van der Waals surface area (Å²) in [6.07, 6.45) is 4.06. The van der Waals surface area contributed by atoms with Crippen LogP contribution in [0.15, 0.2) is 12.1 Å². The Balaban J connectivity index is 1.89. The number of hydrogen-bond acceptors (Lipinski definition) is 0. The van der Waals surface area contributed by atoms with E-state index in [4.69, 9.17) is 11.6 Å². The molecule has 2 fully saturated rings. The zero-order chi connectivity index (χ0) is 12.2. The number of hydrogen-bond donors (Lipinski definition) is 0. The highest BCUT2D eigenvalue weighted by molar-refractivity contribution is 6.21. The molecule has 0 nitrogen and oxygen atoms in total. The van der Waals surface area contributed by atoms with Crippen molar-refractivity contribution in [1.82, 2.24) is 0 Å². The summed E-state index contributed by atoms with van der Waals surface area (Å²) >= 11 is 6.65. The van der Waals surface area contributed by atoms with Crippen molar-refractivity contribution in [2.24, 2.45) is 17.8 Å². The van der Waals surface area contributed by atoms with Gasteiger partial charge in [0.25, 0.3) is 0 Å². The van der Waals surface area contributed by atoms with E-state index in [9.17, 15) is 4.39 Å². The van der Waals surface area contributed by atoms with E-state index in [-0.39, 0.29) is 11.2 Å². The predicted octanol–water partition coefficient (Wildman–Crippen LogP) is 4.77. The molecule has 0 aromatic heterocycles. The zero-order valence-corrected chi connectivity index (χ0v) is 11.1. The molecule has 0 radical (unpaired) electrons. The van der Waals surface area contributed by atoms with Gasteiger partial charge >= 0.3 is 0 Å². The van der Waals surface area contributed by atoms with Crippen molar-refractivity contribution >= 4 is 11.6 Å².